The Morgan fingerprint density at radius 3 is 2.77 bits per heavy atom. The highest BCUT2D eigenvalue weighted by atomic mass is 32.2. The molecule has 9 heteroatoms. The van der Waals surface area contributed by atoms with E-state index >= 15 is 0 Å². The third-order valence-corrected chi connectivity index (χ3v) is 6.99. The molecule has 4 rings (SSSR count). The van der Waals surface area contributed by atoms with Crippen LogP contribution < -0.4 is 5.32 Å². The van der Waals surface area contributed by atoms with Crippen molar-refractivity contribution in [3.8, 4) is 0 Å². The van der Waals surface area contributed by atoms with Crippen molar-refractivity contribution < 1.29 is 14.3 Å². The van der Waals surface area contributed by atoms with Crippen molar-refractivity contribution in [2.24, 2.45) is 0 Å². The number of aromatic nitrogens is 2. The summed E-state index contributed by atoms with van der Waals surface area (Å²) >= 11 is 2.87. The number of para-hydroxylation sites is 1. The van der Waals surface area contributed by atoms with E-state index in [4.69, 9.17) is 14.7 Å². The van der Waals surface area contributed by atoms with Crippen LogP contribution in [0.3, 0.4) is 0 Å². The number of hydrogen-bond acceptors (Lipinski definition) is 8. The zero-order valence-electron chi connectivity index (χ0n) is 17.3. The van der Waals surface area contributed by atoms with Crippen LogP contribution in [0.4, 0.5) is 0 Å². The van der Waals surface area contributed by atoms with Crippen molar-refractivity contribution in [2.45, 2.75) is 25.0 Å². The average molecular weight is 457 g/mol. The second-order valence-corrected chi connectivity index (χ2v) is 9.37. The third-order valence-electron chi connectivity index (χ3n) is 4.87. The van der Waals surface area contributed by atoms with Crippen molar-refractivity contribution >= 4 is 45.7 Å². The molecular weight excluding hydrogens is 432 g/mol. The largest absolute Gasteiger partial charge is 0.379 e. The zero-order valence-corrected chi connectivity index (χ0v) is 18.9. The van der Waals surface area contributed by atoms with Gasteiger partial charge in [-0.1, -0.05) is 30.0 Å². The predicted octanol–water partition coefficient (Wildman–Crippen LogP) is 3.13. The van der Waals surface area contributed by atoms with Crippen molar-refractivity contribution in [3.05, 3.63) is 52.0 Å². The van der Waals surface area contributed by atoms with Crippen molar-refractivity contribution in [1.29, 1.82) is 0 Å². The van der Waals surface area contributed by atoms with Gasteiger partial charge in [-0.25, -0.2) is 9.97 Å². The molecule has 3 heterocycles. The minimum atomic E-state index is -0.0830. The molecule has 162 valence electrons. The number of ether oxygens (including phenoxy) is 1. The first kappa shape index (κ1) is 21.9. The number of Topliss-reactive ketones (excluding diaryl/α,β-unsaturated/α-hetero) is 1. The summed E-state index contributed by atoms with van der Waals surface area (Å²) in [5, 5.41) is 4.55. The molecule has 0 unspecified atom stereocenters. The molecule has 1 aromatic carbocycles. The summed E-state index contributed by atoms with van der Waals surface area (Å²) in [6.07, 6.45) is 0. The number of nitrogens with one attached hydrogen (secondary N) is 1. The molecule has 2 aromatic heterocycles. The summed E-state index contributed by atoms with van der Waals surface area (Å²) in [5.41, 5.74) is 0.893. The second-order valence-electron chi connectivity index (χ2n) is 7.24. The molecule has 1 aliphatic heterocycles. The van der Waals surface area contributed by atoms with Gasteiger partial charge < -0.3 is 10.1 Å². The lowest BCUT2D eigenvalue weighted by molar-refractivity contribution is -0.119. The number of benzene rings is 1. The summed E-state index contributed by atoms with van der Waals surface area (Å²) in [4.78, 5) is 37.3. The van der Waals surface area contributed by atoms with Gasteiger partial charge in [-0.05, 0) is 18.2 Å². The lowest BCUT2D eigenvalue weighted by Gasteiger charge is -2.25. The molecule has 0 spiro atoms. The number of fused-ring (bicyclic) bond motifs is 1. The fourth-order valence-electron chi connectivity index (χ4n) is 3.27. The van der Waals surface area contributed by atoms with E-state index in [0.717, 1.165) is 52.9 Å². The monoisotopic (exact) mass is 456 g/mol. The Balaban J connectivity index is 1.46. The van der Waals surface area contributed by atoms with Crippen LogP contribution in [-0.4, -0.2) is 58.6 Å². The maximum absolute atomic E-state index is 12.7. The van der Waals surface area contributed by atoms with Gasteiger partial charge >= 0.3 is 0 Å². The number of amides is 1. The van der Waals surface area contributed by atoms with Crippen LogP contribution in [0.1, 0.15) is 27.3 Å². The molecule has 0 saturated carbocycles. The van der Waals surface area contributed by atoms with Crippen molar-refractivity contribution in [1.82, 2.24) is 20.2 Å². The highest BCUT2D eigenvalue weighted by molar-refractivity contribution is 8.00. The molecular formula is C22H24N4O3S2. The van der Waals surface area contributed by atoms with Gasteiger partial charge in [0, 0.05) is 30.3 Å². The average Bonchev–Trinajstić information content (AvgIpc) is 3.26. The van der Waals surface area contributed by atoms with Crippen LogP contribution in [0.2, 0.25) is 0 Å². The Labute approximate surface area is 189 Å². The van der Waals surface area contributed by atoms with E-state index in [0.29, 0.717) is 23.7 Å². The van der Waals surface area contributed by atoms with Crippen molar-refractivity contribution in [2.75, 3.05) is 32.1 Å². The maximum Gasteiger partial charge on any atom is 0.217 e. The fourth-order valence-corrected chi connectivity index (χ4v) is 5.17. The zero-order chi connectivity index (χ0) is 21.6. The minimum absolute atomic E-state index is 0.0569. The van der Waals surface area contributed by atoms with E-state index in [1.165, 1.54) is 30.0 Å². The SMILES string of the molecule is CC(=O)NCc1ccc(C(=O)CSc2nc(CN3CCOCC3)nc3ccccc23)s1. The normalized spacial score (nSPS) is 14.6. The Morgan fingerprint density at radius 2 is 1.97 bits per heavy atom. The van der Waals surface area contributed by atoms with Gasteiger partial charge in [0.2, 0.25) is 5.91 Å². The summed E-state index contributed by atoms with van der Waals surface area (Å²) in [6, 6.07) is 11.6. The van der Waals surface area contributed by atoms with Gasteiger partial charge in [0.25, 0.3) is 0 Å². The van der Waals surface area contributed by atoms with Gasteiger partial charge in [-0.3, -0.25) is 14.5 Å². The minimum Gasteiger partial charge on any atom is -0.379 e. The number of rotatable bonds is 8. The lowest BCUT2D eigenvalue weighted by atomic mass is 10.2. The van der Waals surface area contributed by atoms with Crippen LogP contribution in [-0.2, 0) is 22.6 Å². The molecule has 0 bridgehead atoms. The van der Waals surface area contributed by atoms with E-state index in [-0.39, 0.29) is 11.7 Å². The van der Waals surface area contributed by atoms with E-state index in [2.05, 4.69) is 10.2 Å². The topological polar surface area (TPSA) is 84.4 Å². The molecule has 3 aromatic rings. The van der Waals surface area contributed by atoms with Gasteiger partial charge in [0.1, 0.15) is 10.9 Å². The van der Waals surface area contributed by atoms with E-state index in [1.807, 2.05) is 36.4 Å². The van der Waals surface area contributed by atoms with E-state index in [1.54, 1.807) is 0 Å². The standard InChI is InChI=1S/C22H24N4O3S2/c1-15(27)23-12-16-6-7-20(31-16)19(28)14-30-22-17-4-2-3-5-18(17)24-21(25-22)13-26-8-10-29-11-9-26/h2-7H,8-14H2,1H3,(H,23,27). The molecule has 1 fully saturated rings. The van der Waals surface area contributed by atoms with Crippen molar-refractivity contribution in [3.63, 3.8) is 0 Å². The molecule has 1 N–H and O–H groups in total. The van der Waals surface area contributed by atoms with E-state index in [9.17, 15) is 9.59 Å². The summed E-state index contributed by atoms with van der Waals surface area (Å²) in [6.45, 7) is 5.81. The molecule has 31 heavy (non-hydrogen) atoms. The smallest absolute Gasteiger partial charge is 0.217 e. The molecule has 0 atom stereocenters. The first-order chi connectivity index (χ1) is 15.1. The molecule has 1 aliphatic rings. The van der Waals surface area contributed by atoms with Crippen LogP contribution in [0, 0.1) is 0 Å². The van der Waals surface area contributed by atoms with Gasteiger partial charge in [0.15, 0.2) is 5.78 Å². The maximum atomic E-state index is 12.7. The number of ketones is 1. The number of nitrogens with zero attached hydrogens (tertiary/aromatic N) is 3. The number of thiophene rings is 1. The summed E-state index contributed by atoms with van der Waals surface area (Å²) in [5.74, 6) is 1.05. The third kappa shape index (κ3) is 5.88. The van der Waals surface area contributed by atoms with Crippen LogP contribution in [0.15, 0.2) is 41.4 Å². The van der Waals surface area contributed by atoms with Gasteiger partial charge in [-0.15, -0.1) is 11.3 Å². The highest BCUT2D eigenvalue weighted by Crippen LogP contribution is 2.27. The number of carbonyl (C=O) groups excluding carboxylic acids is 2. The van der Waals surface area contributed by atoms with Crippen LogP contribution in [0.5, 0.6) is 0 Å². The van der Waals surface area contributed by atoms with Crippen LogP contribution in [0.25, 0.3) is 10.9 Å². The quantitative estimate of drug-likeness (QED) is 0.317. The van der Waals surface area contributed by atoms with Crippen LogP contribution >= 0.6 is 23.1 Å². The molecule has 1 amide bonds. The first-order valence-corrected chi connectivity index (χ1v) is 11.9. The Kier molecular flexibility index (Phi) is 7.29. The number of morpholine rings is 1. The molecule has 0 aliphatic carbocycles. The van der Waals surface area contributed by atoms with Gasteiger partial charge in [0.05, 0.1) is 42.4 Å². The molecule has 0 radical (unpaired) electrons. The second kappa shape index (κ2) is 10.3. The number of hydrogen-bond donors (Lipinski definition) is 1. The first-order valence-electron chi connectivity index (χ1n) is 10.1. The Hall–Kier alpha value is -2.33. The lowest BCUT2D eigenvalue weighted by Crippen LogP contribution is -2.36. The van der Waals surface area contributed by atoms with Gasteiger partial charge in [-0.2, -0.15) is 0 Å². The Morgan fingerprint density at radius 1 is 1.16 bits per heavy atom. The summed E-state index contributed by atoms with van der Waals surface area (Å²) in [7, 11) is 0. The molecule has 7 nitrogen and oxygen atoms in total. The predicted molar refractivity (Wildman–Crippen MR) is 123 cm³/mol. The fraction of sp³-hybridized carbons (Fsp3) is 0.364. The Bertz CT molecular complexity index is 1080. The summed E-state index contributed by atoms with van der Waals surface area (Å²) < 4.78 is 5.42. The highest BCUT2D eigenvalue weighted by Gasteiger charge is 2.16. The number of carbonyl (C=O) groups is 2. The number of thioether (sulfide) groups is 1. The molecule has 1 saturated heterocycles. The van der Waals surface area contributed by atoms with E-state index < -0.39 is 0 Å².